The molecule has 0 radical (unpaired) electrons. The number of aromatic nitrogens is 1. The van der Waals surface area contributed by atoms with Crippen molar-refractivity contribution in [1.29, 1.82) is 0 Å². The Morgan fingerprint density at radius 3 is 2.75 bits per heavy atom. The average Bonchev–Trinajstić information content (AvgIpc) is 2.78. The number of piperazine rings is 1. The molecule has 4 rings (SSSR count). The summed E-state index contributed by atoms with van der Waals surface area (Å²) >= 11 is 0. The third-order valence-corrected chi connectivity index (χ3v) is 6.89. The van der Waals surface area contributed by atoms with Gasteiger partial charge in [-0.3, -0.25) is 9.69 Å². The Hall–Kier alpha value is -2.22. The van der Waals surface area contributed by atoms with Crippen molar-refractivity contribution < 1.29 is 9.90 Å². The fraction of sp³-hybridized carbons (Fsp3) is 0.600. The van der Waals surface area contributed by atoms with Gasteiger partial charge in [0.25, 0.3) is 5.91 Å². The van der Waals surface area contributed by atoms with E-state index in [0.717, 1.165) is 42.0 Å². The number of aliphatic hydroxyl groups excluding tert-OH is 1. The quantitative estimate of drug-likeness (QED) is 0.599. The number of fused-ring (bicyclic) bond motifs is 1. The number of hydrogen-bond donors (Lipinski definition) is 3. The van der Waals surface area contributed by atoms with Crippen LogP contribution in [0.5, 0.6) is 0 Å². The molecule has 1 aliphatic heterocycles. The van der Waals surface area contributed by atoms with Crippen molar-refractivity contribution in [3.05, 3.63) is 35.4 Å². The SMILES string of the molecule is Cc1ccc2nc(N3CCN(CC4CCCCC4)C(CO)C3)c(C(=O)NC(C)N)cc2c1. The van der Waals surface area contributed by atoms with Gasteiger partial charge in [0.2, 0.25) is 0 Å². The molecule has 2 heterocycles. The van der Waals surface area contributed by atoms with Crippen LogP contribution in [0.15, 0.2) is 24.3 Å². The van der Waals surface area contributed by atoms with Gasteiger partial charge in [-0.1, -0.05) is 30.9 Å². The van der Waals surface area contributed by atoms with Gasteiger partial charge >= 0.3 is 0 Å². The van der Waals surface area contributed by atoms with E-state index in [0.29, 0.717) is 17.9 Å². The molecule has 1 saturated carbocycles. The minimum Gasteiger partial charge on any atom is -0.395 e. The van der Waals surface area contributed by atoms with Crippen LogP contribution in [0.4, 0.5) is 5.82 Å². The van der Waals surface area contributed by atoms with Crippen molar-refractivity contribution in [3.63, 3.8) is 0 Å². The van der Waals surface area contributed by atoms with Crippen molar-refractivity contribution in [2.75, 3.05) is 37.7 Å². The first-order valence-electron chi connectivity index (χ1n) is 12.0. The standard InChI is InChI=1S/C25H37N5O2/c1-17-8-9-23-20(12-17)13-22(25(32)27-18(2)26)24(28-23)30-11-10-29(21(15-30)16-31)14-19-6-4-3-5-7-19/h8-9,12-13,18-19,21,31H,3-7,10-11,14-16,26H2,1-2H3,(H,27,32). The summed E-state index contributed by atoms with van der Waals surface area (Å²) in [6.45, 7) is 7.26. The lowest BCUT2D eigenvalue weighted by molar-refractivity contribution is 0.0875. The number of carbonyl (C=O) groups is 1. The summed E-state index contributed by atoms with van der Waals surface area (Å²) in [7, 11) is 0. The van der Waals surface area contributed by atoms with Crippen LogP contribution >= 0.6 is 0 Å². The number of hydrogen-bond acceptors (Lipinski definition) is 6. The maximum Gasteiger partial charge on any atom is 0.256 e. The second-order valence-corrected chi connectivity index (χ2v) is 9.60. The fourth-order valence-electron chi connectivity index (χ4n) is 5.18. The number of rotatable bonds is 6. The van der Waals surface area contributed by atoms with Gasteiger partial charge in [0.15, 0.2) is 0 Å². The third-order valence-electron chi connectivity index (χ3n) is 6.89. The molecule has 4 N–H and O–H groups in total. The fourth-order valence-corrected chi connectivity index (χ4v) is 5.18. The number of aliphatic hydroxyl groups is 1. The molecule has 2 aromatic rings. The Morgan fingerprint density at radius 2 is 2.03 bits per heavy atom. The van der Waals surface area contributed by atoms with Gasteiger partial charge in [-0.05, 0) is 50.8 Å². The number of carbonyl (C=O) groups excluding carboxylic acids is 1. The summed E-state index contributed by atoms with van der Waals surface area (Å²) < 4.78 is 0. The van der Waals surface area contributed by atoms with Crippen molar-refractivity contribution in [3.8, 4) is 0 Å². The molecule has 7 nitrogen and oxygen atoms in total. The van der Waals surface area contributed by atoms with Gasteiger partial charge in [-0.2, -0.15) is 0 Å². The summed E-state index contributed by atoms with van der Waals surface area (Å²) in [5, 5.41) is 13.9. The monoisotopic (exact) mass is 439 g/mol. The highest BCUT2D eigenvalue weighted by Gasteiger charge is 2.31. The first kappa shape index (κ1) is 23.0. The third kappa shape index (κ3) is 5.22. The van der Waals surface area contributed by atoms with E-state index in [2.05, 4.69) is 15.1 Å². The summed E-state index contributed by atoms with van der Waals surface area (Å²) in [6, 6.07) is 8.06. The van der Waals surface area contributed by atoms with E-state index in [1.165, 1.54) is 32.1 Å². The van der Waals surface area contributed by atoms with Crippen molar-refractivity contribution in [2.24, 2.45) is 11.7 Å². The zero-order valence-electron chi connectivity index (χ0n) is 19.4. The number of anilines is 1. The molecule has 2 aliphatic rings. The van der Waals surface area contributed by atoms with Crippen LogP contribution in [0.25, 0.3) is 10.9 Å². The number of nitrogens with zero attached hydrogens (tertiary/aromatic N) is 3. The first-order chi connectivity index (χ1) is 15.4. The Kier molecular flexibility index (Phi) is 7.28. The summed E-state index contributed by atoms with van der Waals surface area (Å²) in [6.07, 6.45) is 6.16. The molecule has 174 valence electrons. The molecule has 1 amide bonds. The van der Waals surface area contributed by atoms with E-state index in [1.54, 1.807) is 6.92 Å². The van der Waals surface area contributed by atoms with E-state index in [4.69, 9.17) is 10.7 Å². The van der Waals surface area contributed by atoms with Crippen LogP contribution in [0.2, 0.25) is 0 Å². The Bertz CT molecular complexity index is 941. The van der Waals surface area contributed by atoms with Crippen LogP contribution in [0, 0.1) is 12.8 Å². The summed E-state index contributed by atoms with van der Waals surface area (Å²) in [4.78, 5) is 22.5. The Morgan fingerprint density at radius 1 is 1.25 bits per heavy atom. The van der Waals surface area contributed by atoms with E-state index in [9.17, 15) is 9.90 Å². The second-order valence-electron chi connectivity index (χ2n) is 9.60. The topological polar surface area (TPSA) is 94.7 Å². The van der Waals surface area contributed by atoms with Crippen LogP contribution in [0.1, 0.15) is 54.9 Å². The van der Waals surface area contributed by atoms with Crippen LogP contribution in [0.3, 0.4) is 0 Å². The molecular weight excluding hydrogens is 402 g/mol. The molecular formula is C25H37N5O2. The average molecular weight is 440 g/mol. The number of amides is 1. The molecule has 0 bridgehead atoms. The van der Waals surface area contributed by atoms with Gasteiger partial charge in [0.1, 0.15) is 5.82 Å². The van der Waals surface area contributed by atoms with Gasteiger partial charge in [-0.15, -0.1) is 0 Å². The highest BCUT2D eigenvalue weighted by atomic mass is 16.3. The summed E-state index contributed by atoms with van der Waals surface area (Å²) in [5.41, 5.74) is 8.38. The lowest BCUT2D eigenvalue weighted by Gasteiger charge is -2.43. The molecule has 1 aliphatic carbocycles. The predicted octanol–water partition coefficient (Wildman–Crippen LogP) is 2.64. The highest BCUT2D eigenvalue weighted by molar-refractivity contribution is 6.02. The van der Waals surface area contributed by atoms with Crippen LogP contribution in [-0.4, -0.2) is 65.9 Å². The van der Waals surface area contributed by atoms with Crippen molar-refractivity contribution in [2.45, 2.75) is 58.2 Å². The molecule has 2 unspecified atom stereocenters. The molecule has 2 atom stereocenters. The normalized spacial score (nSPS) is 21.6. The van der Waals surface area contributed by atoms with Crippen molar-refractivity contribution >= 4 is 22.6 Å². The lowest BCUT2D eigenvalue weighted by Crippen LogP contribution is -2.56. The smallest absolute Gasteiger partial charge is 0.256 e. The molecule has 2 fully saturated rings. The second kappa shape index (κ2) is 10.1. The minimum atomic E-state index is -0.443. The number of pyridine rings is 1. The number of nitrogens with one attached hydrogen (secondary N) is 1. The first-order valence-corrected chi connectivity index (χ1v) is 12.0. The lowest BCUT2D eigenvalue weighted by atomic mass is 9.88. The number of benzene rings is 1. The molecule has 7 heteroatoms. The Labute approximate surface area is 191 Å². The minimum absolute atomic E-state index is 0.0468. The van der Waals surface area contributed by atoms with E-state index >= 15 is 0 Å². The van der Waals surface area contributed by atoms with Crippen LogP contribution < -0.4 is 16.0 Å². The Balaban J connectivity index is 1.60. The molecule has 1 aromatic heterocycles. The largest absolute Gasteiger partial charge is 0.395 e. The van der Waals surface area contributed by atoms with E-state index in [-0.39, 0.29) is 18.6 Å². The molecule has 0 spiro atoms. The molecule has 1 aromatic carbocycles. The van der Waals surface area contributed by atoms with E-state index in [1.807, 2.05) is 31.2 Å². The van der Waals surface area contributed by atoms with Gasteiger partial charge in [0.05, 0.1) is 29.9 Å². The number of aryl methyl sites for hydroxylation is 1. The van der Waals surface area contributed by atoms with Crippen molar-refractivity contribution in [1.82, 2.24) is 15.2 Å². The summed E-state index contributed by atoms with van der Waals surface area (Å²) in [5.74, 6) is 1.20. The molecule has 32 heavy (non-hydrogen) atoms. The zero-order valence-corrected chi connectivity index (χ0v) is 19.4. The highest BCUT2D eigenvalue weighted by Crippen LogP contribution is 2.29. The molecule has 1 saturated heterocycles. The van der Waals surface area contributed by atoms with E-state index < -0.39 is 6.17 Å². The maximum absolute atomic E-state index is 13.0. The van der Waals surface area contributed by atoms with Gasteiger partial charge in [-0.25, -0.2) is 4.98 Å². The maximum atomic E-state index is 13.0. The number of nitrogens with two attached hydrogens (primary N) is 1. The van der Waals surface area contributed by atoms with Crippen LogP contribution in [-0.2, 0) is 0 Å². The predicted molar refractivity (Wildman–Crippen MR) is 129 cm³/mol. The van der Waals surface area contributed by atoms with Gasteiger partial charge < -0.3 is 21.1 Å². The zero-order chi connectivity index (χ0) is 22.7. The van der Waals surface area contributed by atoms with Gasteiger partial charge in [0, 0.05) is 31.6 Å².